The first-order chi connectivity index (χ1) is 13.9. The van der Waals surface area contributed by atoms with Gasteiger partial charge in [0.2, 0.25) is 0 Å². The Balaban J connectivity index is 1.88. The smallest absolute Gasteiger partial charge is 0.318 e. The van der Waals surface area contributed by atoms with Crippen LogP contribution in [0.2, 0.25) is 0 Å². The molecule has 0 aliphatic rings. The van der Waals surface area contributed by atoms with Crippen molar-refractivity contribution in [3.8, 4) is 0 Å². The summed E-state index contributed by atoms with van der Waals surface area (Å²) in [6, 6.07) is 0.400. The van der Waals surface area contributed by atoms with Crippen molar-refractivity contribution in [1.82, 2.24) is 14.8 Å². The van der Waals surface area contributed by atoms with Gasteiger partial charge in [-0.25, -0.2) is 4.98 Å². The van der Waals surface area contributed by atoms with Gasteiger partial charge in [0.05, 0.1) is 29.1 Å². The summed E-state index contributed by atoms with van der Waals surface area (Å²) in [6.07, 6.45) is -7.41. The number of alkyl halides is 6. The molecule has 0 fully saturated rings. The highest BCUT2D eigenvalue weighted by molar-refractivity contribution is 9.11. The number of carbonyl (C=O) groups is 1. The average Bonchev–Trinajstić information content (AvgIpc) is 3.28. The highest BCUT2D eigenvalue weighted by atomic mass is 79.9. The number of benzene rings is 1. The lowest BCUT2D eigenvalue weighted by Gasteiger charge is -2.20. The first kappa shape index (κ1) is 22.3. The van der Waals surface area contributed by atoms with E-state index in [1.807, 2.05) is 0 Å². The van der Waals surface area contributed by atoms with Gasteiger partial charge in [-0.2, -0.15) is 31.4 Å². The predicted molar refractivity (Wildman–Crippen MR) is 100 cm³/mol. The second kappa shape index (κ2) is 8.02. The Morgan fingerprint density at radius 1 is 1.20 bits per heavy atom. The predicted octanol–water partition coefficient (Wildman–Crippen LogP) is 6.00. The number of halogens is 7. The van der Waals surface area contributed by atoms with E-state index in [-0.39, 0.29) is 23.0 Å². The lowest BCUT2D eigenvalue weighted by Crippen LogP contribution is -2.17. The number of hydrogen-bond acceptors (Lipinski definition) is 4. The number of thiazole rings is 1. The van der Waals surface area contributed by atoms with Gasteiger partial charge in [-0.15, -0.1) is 11.3 Å². The molecule has 0 aliphatic heterocycles. The van der Waals surface area contributed by atoms with Gasteiger partial charge in [0, 0.05) is 11.6 Å². The van der Waals surface area contributed by atoms with Crippen LogP contribution in [-0.4, -0.2) is 20.7 Å². The fraction of sp³-hybridized carbons (Fsp3) is 0.235. The van der Waals surface area contributed by atoms with E-state index < -0.39 is 35.4 Å². The molecule has 13 heteroatoms. The van der Waals surface area contributed by atoms with Crippen LogP contribution in [0.25, 0.3) is 0 Å². The lowest BCUT2D eigenvalue weighted by molar-refractivity contribution is -0.143. The van der Waals surface area contributed by atoms with E-state index in [1.165, 1.54) is 36.0 Å². The van der Waals surface area contributed by atoms with Gasteiger partial charge in [0.15, 0.2) is 3.92 Å². The van der Waals surface area contributed by atoms with E-state index in [1.54, 1.807) is 0 Å². The van der Waals surface area contributed by atoms with E-state index >= 15 is 0 Å². The Morgan fingerprint density at radius 3 is 2.47 bits per heavy atom. The largest absolute Gasteiger partial charge is 0.416 e. The molecule has 2 aromatic heterocycles. The Kier molecular flexibility index (Phi) is 5.96. The molecule has 3 aromatic rings. The number of hydrogen-bond donors (Lipinski definition) is 1. The molecule has 0 radical (unpaired) electrons. The molecule has 0 saturated heterocycles. The molecule has 0 spiro atoms. The van der Waals surface area contributed by atoms with E-state index in [4.69, 9.17) is 0 Å². The van der Waals surface area contributed by atoms with E-state index in [9.17, 15) is 31.1 Å². The van der Waals surface area contributed by atoms with Crippen LogP contribution in [0, 0.1) is 0 Å². The van der Waals surface area contributed by atoms with E-state index in [0.29, 0.717) is 9.98 Å². The summed E-state index contributed by atoms with van der Waals surface area (Å²) in [4.78, 5) is 16.1. The molecule has 1 unspecified atom stereocenters. The minimum absolute atomic E-state index is 0.0815. The van der Waals surface area contributed by atoms with Crippen LogP contribution in [0.3, 0.4) is 0 Å². The summed E-state index contributed by atoms with van der Waals surface area (Å²) in [6.45, 7) is 1.36. The van der Waals surface area contributed by atoms with Crippen LogP contribution in [-0.2, 0) is 12.4 Å². The Hall–Kier alpha value is -2.41. The number of nitrogens with one attached hydrogen (secondary N) is 1. The number of anilines is 1. The van der Waals surface area contributed by atoms with Gasteiger partial charge < -0.3 is 5.32 Å². The first-order valence-corrected chi connectivity index (χ1v) is 9.78. The van der Waals surface area contributed by atoms with Crippen LogP contribution in [0.1, 0.15) is 40.1 Å². The van der Waals surface area contributed by atoms with Gasteiger partial charge in [-0.3, -0.25) is 9.48 Å². The van der Waals surface area contributed by atoms with Gasteiger partial charge in [-0.1, -0.05) is 6.07 Å². The average molecular weight is 513 g/mol. The topological polar surface area (TPSA) is 59.8 Å². The maximum absolute atomic E-state index is 13.4. The molecule has 1 atom stereocenters. The van der Waals surface area contributed by atoms with E-state index in [0.717, 1.165) is 10.7 Å². The van der Waals surface area contributed by atoms with Crippen molar-refractivity contribution >= 4 is 38.9 Å². The van der Waals surface area contributed by atoms with Crippen molar-refractivity contribution in [1.29, 1.82) is 0 Å². The normalized spacial score (nSPS) is 13.3. The highest BCUT2D eigenvalue weighted by Gasteiger charge is 2.39. The molecule has 0 saturated carbocycles. The molecule has 0 bridgehead atoms. The SMILES string of the molecule is CC(c1ccc(C(F)(F)F)cc1C(F)(F)F)n1cc(NC(=O)c2csc(Br)n2)cn1. The van der Waals surface area contributed by atoms with Gasteiger partial charge in [0.1, 0.15) is 5.69 Å². The van der Waals surface area contributed by atoms with Crippen LogP contribution >= 0.6 is 27.3 Å². The summed E-state index contributed by atoms with van der Waals surface area (Å²) in [5.41, 5.74) is -2.86. The fourth-order valence-corrected chi connectivity index (χ4v) is 3.64. The van der Waals surface area contributed by atoms with E-state index in [2.05, 4.69) is 31.3 Å². The fourth-order valence-electron chi connectivity index (χ4n) is 2.65. The summed E-state index contributed by atoms with van der Waals surface area (Å²) in [5.74, 6) is -0.547. The maximum atomic E-state index is 13.4. The minimum Gasteiger partial charge on any atom is -0.318 e. The zero-order valence-electron chi connectivity index (χ0n) is 14.8. The van der Waals surface area contributed by atoms with Gasteiger partial charge in [0.25, 0.3) is 5.91 Å². The number of aromatic nitrogens is 3. The standard InChI is InChI=1S/C17H11BrF6N4OS/c1-8(11-3-2-9(16(19,20)21)4-12(11)17(22,23)24)28-6-10(5-25-28)26-14(29)13-7-30-15(18)27-13/h2-8H,1H3,(H,26,29). The summed E-state index contributed by atoms with van der Waals surface area (Å²) >= 11 is 4.32. The Bertz CT molecular complexity index is 1070. The minimum atomic E-state index is -4.99. The monoisotopic (exact) mass is 512 g/mol. The summed E-state index contributed by atoms with van der Waals surface area (Å²) < 4.78 is 80.3. The van der Waals surface area contributed by atoms with Crippen LogP contribution in [0.5, 0.6) is 0 Å². The second-order valence-electron chi connectivity index (χ2n) is 6.12. The van der Waals surface area contributed by atoms with Gasteiger partial charge in [-0.05, 0) is 40.5 Å². The zero-order valence-corrected chi connectivity index (χ0v) is 17.2. The van der Waals surface area contributed by atoms with Crippen LogP contribution in [0.15, 0.2) is 39.9 Å². The highest BCUT2D eigenvalue weighted by Crippen LogP contribution is 2.39. The van der Waals surface area contributed by atoms with Gasteiger partial charge >= 0.3 is 12.4 Å². The van der Waals surface area contributed by atoms with Crippen molar-refractivity contribution in [2.75, 3.05) is 5.32 Å². The Morgan fingerprint density at radius 2 is 1.90 bits per heavy atom. The molecule has 3 rings (SSSR count). The number of carbonyl (C=O) groups excluding carboxylic acids is 1. The third-order valence-electron chi connectivity index (χ3n) is 4.10. The molecular formula is C17H11BrF6N4OS. The molecule has 1 aromatic carbocycles. The van der Waals surface area contributed by atoms with Crippen molar-refractivity contribution in [3.63, 3.8) is 0 Å². The molecule has 1 N–H and O–H groups in total. The molecule has 30 heavy (non-hydrogen) atoms. The summed E-state index contributed by atoms with van der Waals surface area (Å²) in [7, 11) is 0. The zero-order chi connectivity index (χ0) is 22.3. The maximum Gasteiger partial charge on any atom is 0.416 e. The first-order valence-electron chi connectivity index (χ1n) is 8.11. The van der Waals surface area contributed by atoms with Crippen molar-refractivity contribution in [3.05, 3.63) is 62.3 Å². The van der Waals surface area contributed by atoms with Crippen molar-refractivity contribution in [2.24, 2.45) is 0 Å². The number of nitrogens with zero attached hydrogens (tertiary/aromatic N) is 3. The Labute approximate surface area is 177 Å². The van der Waals surface area contributed by atoms with Crippen molar-refractivity contribution in [2.45, 2.75) is 25.3 Å². The lowest BCUT2D eigenvalue weighted by atomic mass is 9.98. The molecular weight excluding hydrogens is 502 g/mol. The third kappa shape index (κ3) is 4.83. The van der Waals surface area contributed by atoms with Crippen LogP contribution < -0.4 is 5.32 Å². The summed E-state index contributed by atoms with van der Waals surface area (Å²) in [5, 5.41) is 7.93. The van der Waals surface area contributed by atoms with Crippen LogP contribution in [0.4, 0.5) is 32.0 Å². The number of rotatable bonds is 4. The molecule has 5 nitrogen and oxygen atoms in total. The molecule has 160 valence electrons. The molecule has 2 heterocycles. The quantitative estimate of drug-likeness (QED) is 0.436. The molecule has 0 aliphatic carbocycles. The number of amides is 1. The van der Waals surface area contributed by atoms with Crippen molar-refractivity contribution < 1.29 is 31.1 Å². The molecule has 1 amide bonds. The third-order valence-corrected chi connectivity index (χ3v) is 5.47. The second-order valence-corrected chi connectivity index (χ2v) is 8.26.